The normalized spacial score (nSPS) is 11.2. The lowest BCUT2D eigenvalue weighted by Crippen LogP contribution is -3.00. The van der Waals surface area contributed by atoms with Gasteiger partial charge in [0.05, 0.1) is 19.6 Å². The molecule has 0 aliphatic rings. The highest BCUT2D eigenvalue weighted by molar-refractivity contribution is 5.81. The Morgan fingerprint density at radius 1 is 1.19 bits per heavy atom. The average Bonchev–Trinajstić information content (AvgIpc) is 2.25. The third-order valence-corrected chi connectivity index (χ3v) is 3.13. The molecule has 0 bridgehead atoms. The molecule has 16 heavy (non-hydrogen) atoms. The second-order valence-corrected chi connectivity index (χ2v) is 3.68. The molecular formula is C12H24BrNO2. The summed E-state index contributed by atoms with van der Waals surface area (Å²) < 4.78 is 6.12. The van der Waals surface area contributed by atoms with E-state index < -0.39 is 0 Å². The van der Waals surface area contributed by atoms with Gasteiger partial charge in [-0.1, -0.05) is 6.08 Å². The van der Waals surface area contributed by atoms with Crippen molar-refractivity contribution in [1.29, 1.82) is 0 Å². The van der Waals surface area contributed by atoms with Crippen molar-refractivity contribution in [3.8, 4) is 0 Å². The van der Waals surface area contributed by atoms with Crippen LogP contribution in [0.4, 0.5) is 0 Å². The molecule has 0 rings (SSSR count). The fraction of sp³-hybridized carbons (Fsp3) is 0.750. The number of halogens is 1. The molecule has 0 radical (unpaired) electrons. The SMILES string of the molecule is CC=CC(=O)OCC[N+](CC)(CC)CC.[Br-]. The lowest BCUT2D eigenvalue weighted by molar-refractivity contribution is -0.923. The van der Waals surface area contributed by atoms with Crippen molar-refractivity contribution in [2.45, 2.75) is 27.7 Å². The molecule has 0 unspecified atom stereocenters. The van der Waals surface area contributed by atoms with E-state index in [4.69, 9.17) is 4.74 Å². The maximum absolute atomic E-state index is 11.1. The molecule has 0 saturated heterocycles. The zero-order valence-corrected chi connectivity index (χ0v) is 12.4. The van der Waals surface area contributed by atoms with Crippen LogP contribution in [0.5, 0.6) is 0 Å². The highest BCUT2D eigenvalue weighted by atomic mass is 79.9. The molecule has 0 amide bonds. The summed E-state index contributed by atoms with van der Waals surface area (Å²) >= 11 is 0. The quantitative estimate of drug-likeness (QED) is 0.342. The standard InChI is InChI=1S/C12H24NO2.BrH/c1-5-9-12(14)15-11-10-13(6-2,7-3)8-4;/h5,9H,6-8,10-11H2,1-4H3;1H/q+1;/p-1. The van der Waals surface area contributed by atoms with E-state index >= 15 is 0 Å². The first-order valence-corrected chi connectivity index (χ1v) is 5.78. The second-order valence-electron chi connectivity index (χ2n) is 3.68. The Balaban J connectivity index is 0. The van der Waals surface area contributed by atoms with Crippen LogP contribution in [0.25, 0.3) is 0 Å². The van der Waals surface area contributed by atoms with Gasteiger partial charge in [0.15, 0.2) is 0 Å². The molecule has 0 fully saturated rings. The number of carbonyl (C=O) groups is 1. The summed E-state index contributed by atoms with van der Waals surface area (Å²) in [6.45, 7) is 13.1. The Labute approximate surface area is 110 Å². The van der Waals surface area contributed by atoms with Crippen molar-refractivity contribution in [1.82, 2.24) is 0 Å². The minimum atomic E-state index is -0.237. The zero-order chi connectivity index (χ0) is 11.7. The monoisotopic (exact) mass is 293 g/mol. The van der Waals surface area contributed by atoms with Crippen molar-refractivity contribution in [3.63, 3.8) is 0 Å². The van der Waals surface area contributed by atoms with E-state index in [2.05, 4.69) is 20.8 Å². The minimum Gasteiger partial charge on any atom is -1.00 e. The number of likely N-dealkylation sites (N-methyl/N-ethyl adjacent to an activating group) is 1. The van der Waals surface area contributed by atoms with Crippen LogP contribution >= 0.6 is 0 Å². The van der Waals surface area contributed by atoms with Crippen LogP contribution in [0.2, 0.25) is 0 Å². The number of hydrogen-bond acceptors (Lipinski definition) is 2. The summed E-state index contributed by atoms with van der Waals surface area (Å²) in [7, 11) is 0. The number of carbonyl (C=O) groups excluding carboxylic acids is 1. The van der Waals surface area contributed by atoms with Crippen LogP contribution < -0.4 is 17.0 Å². The van der Waals surface area contributed by atoms with E-state index in [1.54, 1.807) is 6.08 Å². The topological polar surface area (TPSA) is 26.3 Å². The summed E-state index contributed by atoms with van der Waals surface area (Å²) in [5, 5.41) is 0. The van der Waals surface area contributed by atoms with E-state index in [1.165, 1.54) is 6.08 Å². The highest BCUT2D eigenvalue weighted by Gasteiger charge is 2.20. The van der Waals surface area contributed by atoms with Gasteiger partial charge in [-0.3, -0.25) is 0 Å². The van der Waals surface area contributed by atoms with Gasteiger partial charge in [-0.15, -0.1) is 0 Å². The number of allylic oxidation sites excluding steroid dienone is 1. The van der Waals surface area contributed by atoms with E-state index in [0.717, 1.165) is 30.7 Å². The molecule has 0 aromatic rings. The fourth-order valence-electron chi connectivity index (χ4n) is 1.67. The molecule has 0 N–H and O–H groups in total. The largest absolute Gasteiger partial charge is 1.00 e. The smallest absolute Gasteiger partial charge is 0.330 e. The second kappa shape index (κ2) is 9.85. The summed E-state index contributed by atoms with van der Waals surface area (Å²) in [4.78, 5) is 11.1. The van der Waals surface area contributed by atoms with Crippen molar-refractivity contribution < 1.29 is 31.0 Å². The number of hydrogen-bond donors (Lipinski definition) is 0. The van der Waals surface area contributed by atoms with Gasteiger partial charge in [0, 0.05) is 6.08 Å². The van der Waals surface area contributed by atoms with Crippen LogP contribution in [0.15, 0.2) is 12.2 Å². The predicted molar refractivity (Wildman–Crippen MR) is 62.5 cm³/mol. The molecule has 0 heterocycles. The molecule has 0 aliphatic heterocycles. The first-order valence-electron chi connectivity index (χ1n) is 5.78. The number of quaternary nitrogens is 1. The van der Waals surface area contributed by atoms with Crippen LogP contribution in [0.1, 0.15) is 27.7 Å². The van der Waals surface area contributed by atoms with Crippen molar-refractivity contribution in [3.05, 3.63) is 12.2 Å². The first kappa shape index (κ1) is 18.0. The van der Waals surface area contributed by atoms with Crippen LogP contribution in [0.3, 0.4) is 0 Å². The molecule has 0 aromatic carbocycles. The van der Waals surface area contributed by atoms with Crippen LogP contribution in [-0.2, 0) is 9.53 Å². The number of esters is 1. The molecule has 0 saturated carbocycles. The Morgan fingerprint density at radius 2 is 1.69 bits per heavy atom. The lowest BCUT2D eigenvalue weighted by atomic mass is 10.3. The van der Waals surface area contributed by atoms with Gasteiger partial charge in [-0.2, -0.15) is 0 Å². The fourth-order valence-corrected chi connectivity index (χ4v) is 1.67. The van der Waals surface area contributed by atoms with Crippen molar-refractivity contribution in [2.75, 3.05) is 32.8 Å². The molecule has 0 spiro atoms. The molecule has 3 nitrogen and oxygen atoms in total. The van der Waals surface area contributed by atoms with Gasteiger partial charge in [-0.05, 0) is 27.7 Å². The van der Waals surface area contributed by atoms with Gasteiger partial charge in [0.2, 0.25) is 0 Å². The third kappa shape index (κ3) is 6.28. The number of nitrogens with zero attached hydrogens (tertiary/aromatic N) is 1. The Morgan fingerprint density at radius 3 is 2.06 bits per heavy atom. The van der Waals surface area contributed by atoms with Crippen molar-refractivity contribution >= 4 is 5.97 Å². The van der Waals surface area contributed by atoms with Gasteiger partial charge in [0.25, 0.3) is 0 Å². The van der Waals surface area contributed by atoms with E-state index in [9.17, 15) is 4.79 Å². The van der Waals surface area contributed by atoms with Gasteiger partial charge in [0.1, 0.15) is 13.2 Å². The van der Waals surface area contributed by atoms with E-state index in [0.29, 0.717) is 6.61 Å². The Hall–Kier alpha value is -0.350. The number of ether oxygens (including phenoxy) is 1. The first-order chi connectivity index (χ1) is 7.14. The minimum absolute atomic E-state index is 0. The molecule has 0 aromatic heterocycles. The van der Waals surface area contributed by atoms with Gasteiger partial charge >= 0.3 is 5.97 Å². The Kier molecular flexibility index (Phi) is 11.1. The van der Waals surface area contributed by atoms with Crippen molar-refractivity contribution in [2.24, 2.45) is 0 Å². The summed E-state index contributed by atoms with van der Waals surface area (Å²) in [6.07, 6.45) is 3.16. The van der Waals surface area contributed by atoms with Gasteiger partial charge < -0.3 is 26.2 Å². The van der Waals surface area contributed by atoms with E-state index in [-0.39, 0.29) is 23.0 Å². The van der Waals surface area contributed by atoms with Crippen LogP contribution in [0, 0.1) is 0 Å². The molecular weight excluding hydrogens is 270 g/mol. The summed E-state index contributed by atoms with van der Waals surface area (Å²) in [5.41, 5.74) is 0. The Bertz CT molecular complexity index is 205. The highest BCUT2D eigenvalue weighted by Crippen LogP contribution is 2.05. The molecule has 96 valence electrons. The van der Waals surface area contributed by atoms with Crippen LogP contribution in [-0.4, -0.2) is 43.2 Å². The summed E-state index contributed by atoms with van der Waals surface area (Å²) in [6, 6.07) is 0. The molecule has 0 atom stereocenters. The molecule has 0 aliphatic carbocycles. The maximum atomic E-state index is 11.1. The average molecular weight is 294 g/mol. The maximum Gasteiger partial charge on any atom is 0.330 e. The molecule has 4 heteroatoms. The van der Waals surface area contributed by atoms with E-state index in [1.807, 2.05) is 6.92 Å². The number of rotatable bonds is 7. The van der Waals surface area contributed by atoms with Gasteiger partial charge in [-0.25, -0.2) is 4.79 Å². The third-order valence-electron chi connectivity index (χ3n) is 3.13. The predicted octanol–water partition coefficient (Wildman–Crippen LogP) is -1.01. The summed E-state index contributed by atoms with van der Waals surface area (Å²) in [5.74, 6) is -0.237. The lowest BCUT2D eigenvalue weighted by Gasteiger charge is -2.35. The zero-order valence-electron chi connectivity index (χ0n) is 10.8.